The van der Waals surface area contributed by atoms with Gasteiger partial charge in [-0.2, -0.15) is 0 Å². The van der Waals surface area contributed by atoms with Crippen LogP contribution in [0.15, 0.2) is 30.3 Å². The molecular formula is C15H20N2O4. The Bertz CT molecular complexity index is 510. The number of nitrogens with one attached hydrogen (secondary N) is 1. The van der Waals surface area contributed by atoms with Gasteiger partial charge in [-0.05, 0) is 18.6 Å². The van der Waals surface area contributed by atoms with Crippen molar-refractivity contribution in [3.8, 4) is 0 Å². The van der Waals surface area contributed by atoms with Gasteiger partial charge in [0.2, 0.25) is 0 Å². The zero-order valence-corrected chi connectivity index (χ0v) is 11.6. The molecule has 114 valence electrons. The van der Waals surface area contributed by atoms with Gasteiger partial charge in [0, 0.05) is 18.7 Å². The van der Waals surface area contributed by atoms with Gasteiger partial charge in [0.05, 0.1) is 24.3 Å². The van der Waals surface area contributed by atoms with E-state index in [0.717, 1.165) is 0 Å². The first-order chi connectivity index (χ1) is 10.1. The molecule has 0 saturated carbocycles. The lowest BCUT2D eigenvalue weighted by atomic mass is 9.91. The van der Waals surface area contributed by atoms with E-state index in [-0.39, 0.29) is 5.91 Å². The van der Waals surface area contributed by atoms with Gasteiger partial charge in [0.1, 0.15) is 6.10 Å². The summed E-state index contributed by atoms with van der Waals surface area (Å²) in [5.41, 5.74) is 0.516. The number of piperidine rings is 1. The number of carbonyl (C=O) groups is 1. The Hall–Kier alpha value is -1.47. The van der Waals surface area contributed by atoms with Crippen molar-refractivity contribution in [1.29, 1.82) is 0 Å². The van der Waals surface area contributed by atoms with E-state index in [0.29, 0.717) is 25.1 Å². The highest BCUT2D eigenvalue weighted by Gasteiger charge is 2.48. The third-order valence-corrected chi connectivity index (χ3v) is 4.42. The van der Waals surface area contributed by atoms with Crippen molar-refractivity contribution in [3.05, 3.63) is 35.9 Å². The molecular weight excluding hydrogens is 272 g/mol. The Morgan fingerprint density at radius 2 is 1.86 bits per heavy atom. The molecule has 0 radical (unpaired) electrons. The number of aliphatic hydroxyl groups is 3. The standard InChI is InChI=1S/C15H20N2O4/c18-11-6-7-17-8-10(13(19)14(20)12(11)17)16-15(21)9-4-2-1-3-5-9/h1-5,10-14,18-20H,6-8H2,(H,16,21). The maximum absolute atomic E-state index is 12.1. The molecule has 2 aliphatic rings. The highest BCUT2D eigenvalue weighted by Crippen LogP contribution is 2.28. The summed E-state index contributed by atoms with van der Waals surface area (Å²) in [5, 5.41) is 33.0. The molecule has 1 aromatic carbocycles. The summed E-state index contributed by atoms with van der Waals surface area (Å²) in [6, 6.07) is 7.78. The van der Waals surface area contributed by atoms with E-state index in [1.807, 2.05) is 11.0 Å². The van der Waals surface area contributed by atoms with Crippen LogP contribution in [0.4, 0.5) is 0 Å². The molecule has 5 atom stereocenters. The van der Waals surface area contributed by atoms with Crippen LogP contribution < -0.4 is 5.32 Å². The van der Waals surface area contributed by atoms with Crippen molar-refractivity contribution >= 4 is 5.91 Å². The maximum atomic E-state index is 12.1. The highest BCUT2D eigenvalue weighted by atomic mass is 16.3. The summed E-state index contributed by atoms with van der Waals surface area (Å²) >= 11 is 0. The predicted octanol–water partition coefficient (Wildman–Crippen LogP) is -1.04. The van der Waals surface area contributed by atoms with E-state index < -0.39 is 30.4 Å². The van der Waals surface area contributed by atoms with E-state index in [2.05, 4.69) is 5.32 Å². The molecule has 4 N–H and O–H groups in total. The Labute approximate surface area is 123 Å². The van der Waals surface area contributed by atoms with Crippen molar-refractivity contribution < 1.29 is 20.1 Å². The van der Waals surface area contributed by atoms with E-state index in [1.54, 1.807) is 24.3 Å². The number of carbonyl (C=O) groups excluding carboxylic acids is 1. The normalized spacial score (nSPS) is 36.2. The molecule has 0 aliphatic carbocycles. The second kappa shape index (κ2) is 5.73. The maximum Gasteiger partial charge on any atom is 0.251 e. The number of rotatable bonds is 2. The van der Waals surface area contributed by atoms with Crippen LogP contribution in [0.5, 0.6) is 0 Å². The summed E-state index contributed by atoms with van der Waals surface area (Å²) < 4.78 is 0. The molecule has 0 bridgehead atoms. The van der Waals surface area contributed by atoms with Crippen LogP contribution in [0.3, 0.4) is 0 Å². The molecule has 21 heavy (non-hydrogen) atoms. The number of benzene rings is 1. The van der Waals surface area contributed by atoms with Gasteiger partial charge in [0.25, 0.3) is 5.91 Å². The lowest BCUT2D eigenvalue weighted by Crippen LogP contribution is -2.65. The smallest absolute Gasteiger partial charge is 0.251 e. The van der Waals surface area contributed by atoms with Gasteiger partial charge in [0.15, 0.2) is 0 Å². The van der Waals surface area contributed by atoms with Crippen LogP contribution in [0.2, 0.25) is 0 Å². The largest absolute Gasteiger partial charge is 0.391 e. The zero-order valence-electron chi connectivity index (χ0n) is 11.6. The Morgan fingerprint density at radius 1 is 1.14 bits per heavy atom. The summed E-state index contributed by atoms with van der Waals surface area (Å²) in [4.78, 5) is 14.1. The lowest BCUT2D eigenvalue weighted by molar-refractivity contribution is -0.0995. The first-order valence-electron chi connectivity index (χ1n) is 7.22. The van der Waals surface area contributed by atoms with E-state index >= 15 is 0 Å². The molecule has 2 saturated heterocycles. The summed E-state index contributed by atoms with van der Waals surface area (Å²) in [7, 11) is 0. The molecule has 2 fully saturated rings. The quantitative estimate of drug-likeness (QED) is 0.558. The number of nitrogens with zero attached hydrogens (tertiary/aromatic N) is 1. The third kappa shape index (κ3) is 2.67. The second-order valence-corrected chi connectivity index (χ2v) is 5.77. The summed E-state index contributed by atoms with van der Waals surface area (Å²) in [5.74, 6) is -0.273. The van der Waals surface area contributed by atoms with Gasteiger partial charge in [-0.3, -0.25) is 9.69 Å². The fraction of sp³-hybridized carbons (Fsp3) is 0.533. The minimum absolute atomic E-state index is 0.273. The molecule has 3 rings (SSSR count). The topological polar surface area (TPSA) is 93.0 Å². The van der Waals surface area contributed by atoms with Crippen molar-refractivity contribution in [2.75, 3.05) is 13.1 Å². The molecule has 1 aromatic rings. The van der Waals surface area contributed by atoms with Crippen LogP contribution >= 0.6 is 0 Å². The van der Waals surface area contributed by atoms with Gasteiger partial charge in [-0.15, -0.1) is 0 Å². The molecule has 1 amide bonds. The molecule has 6 nitrogen and oxygen atoms in total. The average molecular weight is 292 g/mol. The number of hydrogen-bond donors (Lipinski definition) is 4. The number of aliphatic hydroxyl groups excluding tert-OH is 3. The van der Waals surface area contributed by atoms with Gasteiger partial charge in [-0.1, -0.05) is 18.2 Å². The highest BCUT2D eigenvalue weighted by molar-refractivity contribution is 5.94. The fourth-order valence-electron chi connectivity index (χ4n) is 3.29. The molecule has 0 aromatic heterocycles. The number of fused-ring (bicyclic) bond motifs is 1. The third-order valence-electron chi connectivity index (χ3n) is 4.42. The predicted molar refractivity (Wildman–Crippen MR) is 75.7 cm³/mol. The minimum Gasteiger partial charge on any atom is -0.391 e. The molecule has 0 spiro atoms. The van der Waals surface area contributed by atoms with Crippen molar-refractivity contribution in [3.63, 3.8) is 0 Å². The van der Waals surface area contributed by atoms with Crippen LogP contribution in [0.1, 0.15) is 16.8 Å². The van der Waals surface area contributed by atoms with E-state index in [9.17, 15) is 20.1 Å². The van der Waals surface area contributed by atoms with Crippen molar-refractivity contribution in [2.45, 2.75) is 36.8 Å². The Morgan fingerprint density at radius 3 is 2.57 bits per heavy atom. The average Bonchev–Trinajstić information content (AvgIpc) is 2.86. The first-order valence-corrected chi connectivity index (χ1v) is 7.22. The van der Waals surface area contributed by atoms with Crippen LogP contribution in [-0.4, -0.2) is 69.6 Å². The zero-order chi connectivity index (χ0) is 15.0. The number of hydrogen-bond acceptors (Lipinski definition) is 5. The Kier molecular flexibility index (Phi) is 3.95. The van der Waals surface area contributed by atoms with E-state index in [4.69, 9.17) is 0 Å². The molecule has 2 heterocycles. The fourth-order valence-corrected chi connectivity index (χ4v) is 3.29. The van der Waals surface area contributed by atoms with Gasteiger partial charge < -0.3 is 20.6 Å². The summed E-state index contributed by atoms with van der Waals surface area (Å²) in [6.45, 7) is 1.09. The van der Waals surface area contributed by atoms with Crippen LogP contribution in [0, 0.1) is 0 Å². The monoisotopic (exact) mass is 292 g/mol. The second-order valence-electron chi connectivity index (χ2n) is 5.77. The lowest BCUT2D eigenvalue weighted by Gasteiger charge is -2.43. The first kappa shape index (κ1) is 14.5. The van der Waals surface area contributed by atoms with E-state index in [1.165, 1.54) is 0 Å². The van der Waals surface area contributed by atoms with Crippen LogP contribution in [0.25, 0.3) is 0 Å². The minimum atomic E-state index is -1.08. The summed E-state index contributed by atoms with van der Waals surface area (Å²) in [6.07, 6.45) is -2.18. The van der Waals surface area contributed by atoms with Crippen LogP contribution in [-0.2, 0) is 0 Å². The SMILES string of the molecule is O=C(NC1CN2CCC(O)C2C(O)C1O)c1ccccc1. The Balaban J connectivity index is 1.70. The molecule has 6 heteroatoms. The van der Waals surface area contributed by atoms with Gasteiger partial charge >= 0.3 is 0 Å². The van der Waals surface area contributed by atoms with Gasteiger partial charge in [-0.25, -0.2) is 0 Å². The molecule has 2 aliphatic heterocycles. The van der Waals surface area contributed by atoms with Crippen molar-refractivity contribution in [1.82, 2.24) is 10.2 Å². The van der Waals surface area contributed by atoms with Crippen molar-refractivity contribution in [2.24, 2.45) is 0 Å². The molecule has 5 unspecified atom stereocenters. The number of amides is 1.